The molecule has 0 saturated heterocycles. The highest BCUT2D eigenvalue weighted by atomic mass is 16.7. The van der Waals surface area contributed by atoms with Crippen LogP contribution in [0.5, 0.6) is 11.5 Å². The molecule has 0 aliphatic carbocycles. The molecule has 29 heavy (non-hydrogen) atoms. The zero-order valence-corrected chi connectivity index (χ0v) is 16.0. The van der Waals surface area contributed by atoms with Gasteiger partial charge in [-0.1, -0.05) is 6.07 Å². The van der Waals surface area contributed by atoms with Crippen molar-refractivity contribution < 1.29 is 14.3 Å². The minimum absolute atomic E-state index is 0.226. The number of nitrogens with zero attached hydrogens (tertiary/aromatic N) is 4. The highest BCUT2D eigenvalue weighted by Crippen LogP contribution is 2.32. The molecule has 4 rings (SSSR count). The standard InChI is InChI=1S/C21H21N5O3/c1-26(11-7-15-4-8-22-9-5-15)21-23-10-6-17(25-21)20(27)24-13-16-2-3-18-19(12-16)29-14-28-18/h2-6,8-10,12H,7,11,13-14H2,1H3,(H,24,27). The molecule has 2 aromatic heterocycles. The number of anilines is 1. The van der Waals surface area contributed by atoms with E-state index in [9.17, 15) is 4.79 Å². The van der Waals surface area contributed by atoms with Crippen molar-refractivity contribution in [2.45, 2.75) is 13.0 Å². The van der Waals surface area contributed by atoms with Gasteiger partial charge in [0.1, 0.15) is 5.69 Å². The van der Waals surface area contributed by atoms with Crippen LogP contribution in [0.15, 0.2) is 55.0 Å². The molecule has 0 radical (unpaired) electrons. The molecule has 0 atom stereocenters. The van der Waals surface area contributed by atoms with Gasteiger partial charge in [-0.3, -0.25) is 9.78 Å². The third-order valence-corrected chi connectivity index (χ3v) is 4.59. The van der Waals surface area contributed by atoms with Crippen LogP contribution in [0.2, 0.25) is 0 Å². The first-order chi connectivity index (χ1) is 14.2. The smallest absolute Gasteiger partial charge is 0.270 e. The van der Waals surface area contributed by atoms with Crippen molar-refractivity contribution in [2.24, 2.45) is 0 Å². The number of hydrogen-bond acceptors (Lipinski definition) is 7. The molecule has 0 bridgehead atoms. The van der Waals surface area contributed by atoms with E-state index in [0.29, 0.717) is 23.9 Å². The van der Waals surface area contributed by atoms with E-state index in [1.807, 2.05) is 42.3 Å². The van der Waals surface area contributed by atoms with Crippen LogP contribution in [-0.4, -0.2) is 41.2 Å². The average Bonchev–Trinajstić information content (AvgIpc) is 3.24. The number of amides is 1. The zero-order chi connectivity index (χ0) is 20.1. The lowest BCUT2D eigenvalue weighted by molar-refractivity contribution is 0.0945. The van der Waals surface area contributed by atoms with Gasteiger partial charge in [0.2, 0.25) is 12.7 Å². The van der Waals surface area contributed by atoms with E-state index in [4.69, 9.17) is 9.47 Å². The van der Waals surface area contributed by atoms with Gasteiger partial charge < -0.3 is 19.7 Å². The number of likely N-dealkylation sites (N-methyl/N-ethyl adjacent to an activating group) is 1. The zero-order valence-electron chi connectivity index (χ0n) is 16.0. The number of ether oxygens (including phenoxy) is 2. The highest BCUT2D eigenvalue weighted by Gasteiger charge is 2.15. The second-order valence-corrected chi connectivity index (χ2v) is 6.64. The van der Waals surface area contributed by atoms with Crippen LogP contribution < -0.4 is 19.7 Å². The second kappa shape index (κ2) is 8.55. The first-order valence-corrected chi connectivity index (χ1v) is 9.29. The third-order valence-electron chi connectivity index (χ3n) is 4.59. The molecular weight excluding hydrogens is 370 g/mol. The first-order valence-electron chi connectivity index (χ1n) is 9.29. The summed E-state index contributed by atoms with van der Waals surface area (Å²) in [6, 6.07) is 11.2. The summed E-state index contributed by atoms with van der Waals surface area (Å²) < 4.78 is 10.7. The van der Waals surface area contributed by atoms with Crippen molar-refractivity contribution >= 4 is 11.9 Å². The predicted molar refractivity (Wildman–Crippen MR) is 107 cm³/mol. The maximum Gasteiger partial charge on any atom is 0.270 e. The molecule has 1 N–H and O–H groups in total. The van der Waals surface area contributed by atoms with Crippen molar-refractivity contribution in [3.05, 3.63) is 71.8 Å². The molecule has 0 unspecified atom stereocenters. The van der Waals surface area contributed by atoms with Crippen LogP contribution in [0, 0.1) is 0 Å². The Bertz CT molecular complexity index is 997. The molecule has 8 nitrogen and oxygen atoms in total. The SMILES string of the molecule is CN(CCc1ccncc1)c1nccc(C(=O)NCc2ccc3c(c2)OCO3)n1. The molecule has 3 aromatic rings. The molecule has 8 heteroatoms. The molecule has 0 spiro atoms. The van der Waals surface area contributed by atoms with Crippen molar-refractivity contribution in [3.8, 4) is 11.5 Å². The van der Waals surface area contributed by atoms with Crippen LogP contribution in [0.3, 0.4) is 0 Å². The normalized spacial score (nSPS) is 11.9. The number of carbonyl (C=O) groups is 1. The molecule has 1 aliphatic rings. The maximum absolute atomic E-state index is 12.5. The Morgan fingerprint density at radius 1 is 1.07 bits per heavy atom. The van der Waals surface area contributed by atoms with Crippen LogP contribution in [-0.2, 0) is 13.0 Å². The summed E-state index contributed by atoms with van der Waals surface area (Å²) in [5.41, 5.74) is 2.43. The van der Waals surface area contributed by atoms with Crippen LogP contribution in [0.25, 0.3) is 0 Å². The largest absolute Gasteiger partial charge is 0.454 e. The van der Waals surface area contributed by atoms with Crippen molar-refractivity contribution in [3.63, 3.8) is 0 Å². The van der Waals surface area contributed by atoms with Crippen molar-refractivity contribution in [1.29, 1.82) is 0 Å². The average molecular weight is 391 g/mol. The molecule has 1 aromatic carbocycles. The number of nitrogens with one attached hydrogen (secondary N) is 1. The molecule has 1 amide bonds. The fourth-order valence-electron chi connectivity index (χ4n) is 2.93. The van der Waals surface area contributed by atoms with Crippen LogP contribution in [0.1, 0.15) is 21.6 Å². The van der Waals surface area contributed by atoms with E-state index in [1.54, 1.807) is 24.7 Å². The predicted octanol–water partition coefficient (Wildman–Crippen LogP) is 2.21. The Kier molecular flexibility index (Phi) is 5.51. The minimum Gasteiger partial charge on any atom is -0.454 e. The second-order valence-electron chi connectivity index (χ2n) is 6.64. The van der Waals surface area contributed by atoms with Gasteiger partial charge in [-0.05, 0) is 47.9 Å². The minimum atomic E-state index is -0.256. The van der Waals surface area contributed by atoms with Gasteiger partial charge in [0.25, 0.3) is 5.91 Å². The number of rotatable bonds is 7. The summed E-state index contributed by atoms with van der Waals surface area (Å²) in [6.45, 7) is 1.32. The molecule has 148 valence electrons. The first kappa shape index (κ1) is 18.7. The van der Waals surface area contributed by atoms with Crippen LogP contribution >= 0.6 is 0 Å². The van der Waals surface area contributed by atoms with E-state index in [1.165, 1.54) is 5.56 Å². The Balaban J connectivity index is 1.35. The van der Waals surface area contributed by atoms with Gasteiger partial charge in [-0.25, -0.2) is 9.97 Å². The third kappa shape index (κ3) is 4.60. The lowest BCUT2D eigenvalue weighted by Gasteiger charge is -2.17. The molecule has 0 saturated carbocycles. The van der Waals surface area contributed by atoms with Gasteiger partial charge >= 0.3 is 0 Å². The van der Waals surface area contributed by atoms with Gasteiger partial charge in [0.05, 0.1) is 0 Å². The summed E-state index contributed by atoms with van der Waals surface area (Å²) in [6.07, 6.45) is 5.98. The Hall–Kier alpha value is -3.68. The fourth-order valence-corrected chi connectivity index (χ4v) is 2.93. The van der Waals surface area contributed by atoms with E-state index in [2.05, 4.69) is 20.3 Å². The Morgan fingerprint density at radius 3 is 2.76 bits per heavy atom. The molecular formula is C21H21N5O3. The summed E-state index contributed by atoms with van der Waals surface area (Å²) in [7, 11) is 1.91. The Labute approximate surface area is 168 Å². The van der Waals surface area contributed by atoms with Crippen LogP contribution in [0.4, 0.5) is 5.95 Å². The summed E-state index contributed by atoms with van der Waals surface area (Å²) in [4.78, 5) is 27.2. The fraction of sp³-hybridized carbons (Fsp3) is 0.238. The monoisotopic (exact) mass is 391 g/mol. The van der Waals surface area contributed by atoms with Crippen molar-refractivity contribution in [2.75, 3.05) is 25.3 Å². The summed E-state index contributed by atoms with van der Waals surface area (Å²) >= 11 is 0. The topological polar surface area (TPSA) is 89.5 Å². The van der Waals surface area contributed by atoms with E-state index < -0.39 is 0 Å². The lowest BCUT2D eigenvalue weighted by atomic mass is 10.2. The summed E-state index contributed by atoms with van der Waals surface area (Å²) in [5, 5.41) is 2.88. The van der Waals surface area contributed by atoms with Crippen molar-refractivity contribution in [1.82, 2.24) is 20.3 Å². The highest BCUT2D eigenvalue weighted by molar-refractivity contribution is 5.92. The number of fused-ring (bicyclic) bond motifs is 1. The van der Waals surface area contributed by atoms with Gasteiger partial charge in [0, 0.05) is 38.7 Å². The van der Waals surface area contributed by atoms with E-state index in [-0.39, 0.29) is 12.7 Å². The molecule has 1 aliphatic heterocycles. The number of hydrogen-bond donors (Lipinski definition) is 1. The summed E-state index contributed by atoms with van der Waals surface area (Å²) in [5.74, 6) is 1.66. The maximum atomic E-state index is 12.5. The number of carbonyl (C=O) groups excluding carboxylic acids is 1. The number of benzene rings is 1. The quantitative estimate of drug-likeness (QED) is 0.660. The molecule has 0 fully saturated rings. The van der Waals surface area contributed by atoms with Gasteiger partial charge in [-0.2, -0.15) is 0 Å². The van der Waals surface area contributed by atoms with Gasteiger partial charge in [-0.15, -0.1) is 0 Å². The Morgan fingerprint density at radius 2 is 1.90 bits per heavy atom. The lowest BCUT2D eigenvalue weighted by Crippen LogP contribution is -2.27. The van der Waals surface area contributed by atoms with E-state index >= 15 is 0 Å². The number of pyridine rings is 1. The number of aromatic nitrogens is 3. The van der Waals surface area contributed by atoms with Gasteiger partial charge in [0.15, 0.2) is 11.5 Å². The molecule has 3 heterocycles. The van der Waals surface area contributed by atoms with E-state index in [0.717, 1.165) is 24.3 Å².